The van der Waals surface area contributed by atoms with Gasteiger partial charge in [-0.2, -0.15) is 0 Å². The standard InChI is InChI=1S/C17H29N3O2S/c1-5-23(21,22)18-13-16(4)19-6-8-20(9-7-19)17-11-14(2)10-15(3)12-17/h10-12,16,18H,5-9,13H2,1-4H3/t16-/m1/s1. The van der Waals surface area contributed by atoms with Crippen LogP contribution in [0.3, 0.4) is 0 Å². The van der Waals surface area contributed by atoms with Crippen LogP contribution in [0.1, 0.15) is 25.0 Å². The minimum Gasteiger partial charge on any atom is -0.369 e. The first-order chi connectivity index (χ1) is 10.8. The number of anilines is 1. The maximum atomic E-state index is 11.5. The topological polar surface area (TPSA) is 52.7 Å². The number of nitrogens with one attached hydrogen (secondary N) is 1. The van der Waals surface area contributed by atoms with Gasteiger partial charge in [-0.15, -0.1) is 0 Å². The lowest BCUT2D eigenvalue weighted by molar-refractivity contribution is 0.198. The minimum atomic E-state index is -3.10. The molecule has 2 rings (SSSR count). The smallest absolute Gasteiger partial charge is 0.211 e. The van der Waals surface area contributed by atoms with Crippen molar-refractivity contribution in [3.63, 3.8) is 0 Å². The fourth-order valence-corrected chi connectivity index (χ4v) is 3.73. The summed E-state index contributed by atoms with van der Waals surface area (Å²) in [5, 5.41) is 0. The molecule has 1 fully saturated rings. The van der Waals surface area contributed by atoms with Crippen molar-refractivity contribution in [2.75, 3.05) is 43.4 Å². The summed E-state index contributed by atoms with van der Waals surface area (Å²) in [5.74, 6) is 0.139. The molecule has 0 radical (unpaired) electrons. The third-order valence-electron chi connectivity index (χ3n) is 4.49. The van der Waals surface area contributed by atoms with E-state index in [2.05, 4.69) is 53.5 Å². The Labute approximate surface area is 140 Å². The largest absolute Gasteiger partial charge is 0.369 e. The van der Waals surface area contributed by atoms with Gasteiger partial charge < -0.3 is 4.90 Å². The summed E-state index contributed by atoms with van der Waals surface area (Å²) in [7, 11) is -3.10. The van der Waals surface area contributed by atoms with Crippen molar-refractivity contribution >= 4 is 15.7 Å². The molecule has 0 aliphatic carbocycles. The third-order valence-corrected chi connectivity index (χ3v) is 5.85. The van der Waals surface area contributed by atoms with Gasteiger partial charge in [0, 0.05) is 44.5 Å². The van der Waals surface area contributed by atoms with Crippen LogP contribution >= 0.6 is 0 Å². The lowest BCUT2D eigenvalue weighted by Gasteiger charge is -2.39. The molecule has 0 amide bonds. The summed E-state index contributed by atoms with van der Waals surface area (Å²) in [6.07, 6.45) is 0. The van der Waals surface area contributed by atoms with Gasteiger partial charge >= 0.3 is 0 Å². The van der Waals surface area contributed by atoms with Gasteiger partial charge in [0.2, 0.25) is 10.0 Å². The second kappa shape index (κ2) is 7.64. The Hall–Kier alpha value is -1.11. The van der Waals surface area contributed by atoms with Crippen LogP contribution in [0, 0.1) is 13.8 Å². The molecular weight excluding hydrogens is 310 g/mol. The lowest BCUT2D eigenvalue weighted by atomic mass is 10.1. The van der Waals surface area contributed by atoms with Crippen LogP contribution in [0.2, 0.25) is 0 Å². The van der Waals surface area contributed by atoms with E-state index in [4.69, 9.17) is 0 Å². The predicted molar refractivity (Wildman–Crippen MR) is 96.6 cm³/mol. The van der Waals surface area contributed by atoms with E-state index in [9.17, 15) is 8.42 Å². The van der Waals surface area contributed by atoms with Gasteiger partial charge in [-0.3, -0.25) is 4.90 Å². The zero-order chi connectivity index (χ0) is 17.0. The first kappa shape index (κ1) is 18.2. The van der Waals surface area contributed by atoms with Crippen molar-refractivity contribution < 1.29 is 8.42 Å². The van der Waals surface area contributed by atoms with Gasteiger partial charge in [0.15, 0.2) is 0 Å². The van der Waals surface area contributed by atoms with Crippen LogP contribution in [0.4, 0.5) is 5.69 Å². The molecule has 0 saturated carbocycles. The van der Waals surface area contributed by atoms with Crippen molar-refractivity contribution in [2.45, 2.75) is 33.7 Å². The van der Waals surface area contributed by atoms with Gasteiger partial charge in [-0.05, 0) is 51.0 Å². The van der Waals surface area contributed by atoms with E-state index in [0.29, 0.717) is 6.54 Å². The maximum Gasteiger partial charge on any atom is 0.211 e. The van der Waals surface area contributed by atoms with Crippen LogP contribution in [0.5, 0.6) is 0 Å². The summed E-state index contributed by atoms with van der Waals surface area (Å²) in [6, 6.07) is 6.89. The van der Waals surface area contributed by atoms with Crippen molar-refractivity contribution in [1.29, 1.82) is 0 Å². The van der Waals surface area contributed by atoms with Gasteiger partial charge in [-0.25, -0.2) is 13.1 Å². The van der Waals surface area contributed by atoms with E-state index in [-0.39, 0.29) is 11.8 Å². The van der Waals surface area contributed by atoms with Crippen LogP contribution in [0.15, 0.2) is 18.2 Å². The Bertz CT molecular complexity index is 602. The highest BCUT2D eigenvalue weighted by molar-refractivity contribution is 7.89. The van der Waals surface area contributed by atoms with Crippen molar-refractivity contribution in [1.82, 2.24) is 9.62 Å². The molecule has 1 N–H and O–H groups in total. The van der Waals surface area contributed by atoms with Crippen LogP contribution in [0.25, 0.3) is 0 Å². The molecule has 1 aliphatic heterocycles. The summed E-state index contributed by atoms with van der Waals surface area (Å²) in [5.41, 5.74) is 3.89. The normalized spacial score (nSPS) is 18.2. The van der Waals surface area contributed by atoms with Gasteiger partial charge in [0.1, 0.15) is 0 Å². The molecular formula is C17H29N3O2S. The monoisotopic (exact) mass is 339 g/mol. The Morgan fingerprint density at radius 2 is 1.65 bits per heavy atom. The molecule has 5 nitrogen and oxygen atoms in total. The number of sulfonamides is 1. The molecule has 1 aliphatic rings. The Morgan fingerprint density at radius 1 is 1.09 bits per heavy atom. The zero-order valence-electron chi connectivity index (χ0n) is 14.7. The quantitative estimate of drug-likeness (QED) is 0.858. The maximum absolute atomic E-state index is 11.5. The molecule has 1 atom stereocenters. The Morgan fingerprint density at radius 3 is 2.17 bits per heavy atom. The Balaban J connectivity index is 1.88. The molecule has 0 unspecified atom stereocenters. The lowest BCUT2D eigenvalue weighted by Crippen LogP contribution is -2.52. The van der Waals surface area contributed by atoms with Gasteiger partial charge in [0.05, 0.1) is 5.75 Å². The zero-order valence-corrected chi connectivity index (χ0v) is 15.5. The van der Waals surface area contributed by atoms with E-state index < -0.39 is 10.0 Å². The molecule has 130 valence electrons. The van der Waals surface area contributed by atoms with Crippen molar-refractivity contribution in [3.8, 4) is 0 Å². The summed E-state index contributed by atoms with van der Waals surface area (Å²) < 4.78 is 25.8. The minimum absolute atomic E-state index is 0.139. The van der Waals surface area contributed by atoms with Crippen LogP contribution < -0.4 is 9.62 Å². The summed E-state index contributed by atoms with van der Waals surface area (Å²) in [6.45, 7) is 12.4. The van der Waals surface area contributed by atoms with Crippen molar-refractivity contribution in [2.24, 2.45) is 0 Å². The molecule has 0 aromatic heterocycles. The molecule has 0 bridgehead atoms. The first-order valence-electron chi connectivity index (χ1n) is 8.35. The number of hydrogen-bond donors (Lipinski definition) is 1. The van der Waals surface area contributed by atoms with Gasteiger partial charge in [0.25, 0.3) is 0 Å². The highest BCUT2D eigenvalue weighted by Gasteiger charge is 2.22. The molecule has 1 aromatic rings. The number of benzene rings is 1. The van der Waals surface area contributed by atoms with E-state index >= 15 is 0 Å². The van der Waals surface area contributed by atoms with Crippen LogP contribution in [-0.4, -0.2) is 57.8 Å². The van der Waals surface area contributed by atoms with Crippen LogP contribution in [-0.2, 0) is 10.0 Å². The van der Waals surface area contributed by atoms with E-state index in [1.54, 1.807) is 6.92 Å². The number of piperazine rings is 1. The molecule has 1 heterocycles. The number of hydrogen-bond acceptors (Lipinski definition) is 4. The molecule has 6 heteroatoms. The number of rotatable bonds is 6. The highest BCUT2D eigenvalue weighted by atomic mass is 32.2. The highest BCUT2D eigenvalue weighted by Crippen LogP contribution is 2.20. The SMILES string of the molecule is CCS(=O)(=O)NC[C@@H](C)N1CCN(c2cc(C)cc(C)c2)CC1. The first-order valence-corrected chi connectivity index (χ1v) is 10.0. The number of nitrogens with zero attached hydrogens (tertiary/aromatic N) is 2. The van der Waals surface area contributed by atoms with Crippen molar-refractivity contribution in [3.05, 3.63) is 29.3 Å². The van der Waals surface area contributed by atoms with E-state index in [0.717, 1.165) is 26.2 Å². The number of aryl methyl sites for hydroxylation is 2. The summed E-state index contributed by atoms with van der Waals surface area (Å²) in [4.78, 5) is 4.77. The summed E-state index contributed by atoms with van der Waals surface area (Å²) >= 11 is 0. The average molecular weight is 340 g/mol. The molecule has 1 saturated heterocycles. The van der Waals surface area contributed by atoms with E-state index in [1.807, 2.05) is 0 Å². The molecule has 1 aromatic carbocycles. The molecule has 0 spiro atoms. The van der Waals surface area contributed by atoms with Gasteiger partial charge in [-0.1, -0.05) is 6.07 Å². The molecule has 23 heavy (non-hydrogen) atoms. The second-order valence-corrected chi connectivity index (χ2v) is 8.57. The fourth-order valence-electron chi connectivity index (χ4n) is 3.03. The second-order valence-electron chi connectivity index (χ2n) is 6.47. The van der Waals surface area contributed by atoms with E-state index in [1.165, 1.54) is 16.8 Å². The average Bonchev–Trinajstić information content (AvgIpc) is 2.52. The fraction of sp³-hybridized carbons (Fsp3) is 0.647. The Kier molecular flexibility index (Phi) is 6.06. The third kappa shape index (κ3) is 5.19. The predicted octanol–water partition coefficient (Wildman–Crippen LogP) is 1.75.